The summed E-state index contributed by atoms with van der Waals surface area (Å²) < 4.78 is 3.24. The Labute approximate surface area is 177 Å². The highest BCUT2D eigenvalue weighted by molar-refractivity contribution is 6.34. The third-order valence-electron chi connectivity index (χ3n) is 5.15. The zero-order valence-electron chi connectivity index (χ0n) is 17.7. The fraction of sp³-hybridized carbons (Fsp3) is 0.455. The smallest absolute Gasteiger partial charge is 0.309 e. The van der Waals surface area contributed by atoms with Crippen LogP contribution in [0.2, 0.25) is 5.02 Å². The van der Waals surface area contributed by atoms with Crippen LogP contribution < -0.4 is 11.0 Å². The molecule has 156 valence electrons. The van der Waals surface area contributed by atoms with E-state index in [1.54, 1.807) is 0 Å². The second-order valence-corrected chi connectivity index (χ2v) is 8.07. The van der Waals surface area contributed by atoms with Crippen molar-refractivity contribution in [3.8, 4) is 0 Å². The predicted octanol–water partition coefficient (Wildman–Crippen LogP) is 3.50. The number of fused-ring (bicyclic) bond motifs is 1. The monoisotopic (exact) mass is 415 g/mol. The van der Waals surface area contributed by atoms with Crippen LogP contribution in [0.15, 0.2) is 41.2 Å². The number of rotatable bonds is 9. The number of aromatic nitrogens is 3. The van der Waals surface area contributed by atoms with E-state index in [9.17, 15) is 4.79 Å². The average Bonchev–Trinajstić information content (AvgIpc) is 2.99. The molecule has 2 aromatic heterocycles. The molecule has 7 heteroatoms. The molecule has 0 fully saturated rings. The molecule has 0 amide bonds. The lowest BCUT2D eigenvalue weighted by Crippen LogP contribution is -2.35. The van der Waals surface area contributed by atoms with E-state index < -0.39 is 0 Å². The first-order chi connectivity index (χ1) is 13.9. The number of benzene rings is 1. The van der Waals surface area contributed by atoms with Gasteiger partial charge in [0, 0.05) is 11.7 Å². The van der Waals surface area contributed by atoms with E-state index in [1.165, 1.54) is 4.52 Å². The second-order valence-electron chi connectivity index (χ2n) is 7.69. The molecule has 0 bridgehead atoms. The second kappa shape index (κ2) is 9.57. The summed E-state index contributed by atoms with van der Waals surface area (Å²) in [4.78, 5) is 15.5. The van der Waals surface area contributed by atoms with Crippen molar-refractivity contribution >= 4 is 17.1 Å². The van der Waals surface area contributed by atoms with E-state index in [0.29, 0.717) is 22.8 Å². The summed E-state index contributed by atoms with van der Waals surface area (Å²) in [6, 6.07) is 12.1. The van der Waals surface area contributed by atoms with Crippen LogP contribution in [0.1, 0.15) is 42.8 Å². The van der Waals surface area contributed by atoms with Crippen LogP contribution in [0.4, 0.5) is 0 Å². The molecule has 3 aromatic rings. The maximum atomic E-state index is 13.3. The molecule has 0 saturated carbocycles. The summed E-state index contributed by atoms with van der Waals surface area (Å²) in [7, 11) is 4.15. The predicted molar refractivity (Wildman–Crippen MR) is 119 cm³/mol. The van der Waals surface area contributed by atoms with Gasteiger partial charge in [-0.1, -0.05) is 48.9 Å². The van der Waals surface area contributed by atoms with Gasteiger partial charge in [0.2, 0.25) is 0 Å². The summed E-state index contributed by atoms with van der Waals surface area (Å²) in [5, 5.41) is 8.53. The third-order valence-corrected chi connectivity index (χ3v) is 5.62. The summed E-state index contributed by atoms with van der Waals surface area (Å²) in [5.74, 6) is 0. The quantitative estimate of drug-likeness (QED) is 0.543. The van der Waals surface area contributed by atoms with Gasteiger partial charge in [0.05, 0.1) is 22.8 Å². The number of hydrogen-bond donors (Lipinski definition) is 1. The Morgan fingerprint density at radius 3 is 2.62 bits per heavy atom. The van der Waals surface area contributed by atoms with Crippen molar-refractivity contribution in [2.24, 2.45) is 0 Å². The van der Waals surface area contributed by atoms with Crippen molar-refractivity contribution in [1.82, 2.24) is 24.4 Å². The van der Waals surface area contributed by atoms with Crippen molar-refractivity contribution in [1.29, 1.82) is 0 Å². The number of halogens is 1. The van der Waals surface area contributed by atoms with Crippen LogP contribution in [0.5, 0.6) is 0 Å². The Hall–Kier alpha value is -2.15. The Morgan fingerprint density at radius 2 is 1.97 bits per heavy atom. The largest absolute Gasteiger partial charge is 0.349 e. The summed E-state index contributed by atoms with van der Waals surface area (Å²) in [6.07, 6.45) is 1.91. The third kappa shape index (κ3) is 4.89. The van der Waals surface area contributed by atoms with Crippen LogP contribution >= 0.6 is 11.6 Å². The van der Waals surface area contributed by atoms with Crippen LogP contribution in [0.3, 0.4) is 0 Å². The fourth-order valence-electron chi connectivity index (χ4n) is 3.58. The molecule has 1 unspecified atom stereocenters. The average molecular weight is 416 g/mol. The van der Waals surface area contributed by atoms with Gasteiger partial charge in [0.25, 0.3) is 0 Å². The molecular weight excluding hydrogens is 386 g/mol. The maximum absolute atomic E-state index is 13.3. The molecule has 1 N–H and O–H groups in total. The standard InChI is InChI=1S/C22H30ClN5O/c1-5-18(24-12-9-13-26(3)4)19-14-20-21(23)16(2)25-28(20)22(29)27(19)15-17-10-7-6-8-11-17/h6-8,10-11,14,18,24H,5,9,12-13,15H2,1-4H3. The van der Waals surface area contributed by atoms with E-state index in [4.69, 9.17) is 11.6 Å². The van der Waals surface area contributed by atoms with Crippen molar-refractivity contribution in [3.05, 3.63) is 68.9 Å². The lowest BCUT2D eigenvalue weighted by atomic mass is 10.1. The van der Waals surface area contributed by atoms with Crippen LogP contribution in [0, 0.1) is 6.92 Å². The van der Waals surface area contributed by atoms with Crippen molar-refractivity contribution in [2.75, 3.05) is 27.2 Å². The normalized spacial score (nSPS) is 12.8. The molecule has 0 spiro atoms. The lowest BCUT2D eigenvalue weighted by Gasteiger charge is -2.23. The highest BCUT2D eigenvalue weighted by atomic mass is 35.5. The number of nitrogens with one attached hydrogen (secondary N) is 1. The molecule has 6 nitrogen and oxygen atoms in total. The molecule has 0 aliphatic carbocycles. The van der Waals surface area contributed by atoms with Gasteiger partial charge in [-0.2, -0.15) is 9.61 Å². The van der Waals surface area contributed by atoms with Gasteiger partial charge < -0.3 is 10.2 Å². The van der Waals surface area contributed by atoms with Gasteiger partial charge in [-0.3, -0.25) is 4.57 Å². The molecule has 3 rings (SSSR count). The van der Waals surface area contributed by atoms with E-state index in [0.717, 1.165) is 37.2 Å². The molecule has 0 saturated heterocycles. The Morgan fingerprint density at radius 1 is 1.24 bits per heavy atom. The SMILES string of the molecule is CCC(NCCCN(C)C)c1cc2c(Cl)c(C)nn2c(=O)n1Cc1ccccc1. The van der Waals surface area contributed by atoms with Crippen LogP contribution in [-0.2, 0) is 6.54 Å². The molecule has 1 aromatic carbocycles. The Kier molecular flexibility index (Phi) is 7.11. The van der Waals surface area contributed by atoms with Crippen molar-refractivity contribution in [2.45, 2.75) is 39.3 Å². The molecule has 0 aliphatic rings. The minimum atomic E-state index is -0.162. The summed E-state index contributed by atoms with van der Waals surface area (Å²) in [6.45, 7) is 6.36. The van der Waals surface area contributed by atoms with E-state index in [-0.39, 0.29) is 11.7 Å². The highest BCUT2D eigenvalue weighted by Gasteiger charge is 2.20. The molecular formula is C22H30ClN5O. The number of aryl methyl sites for hydroxylation is 1. The fourth-order valence-corrected chi connectivity index (χ4v) is 3.75. The Balaban J connectivity index is 2.03. The van der Waals surface area contributed by atoms with Gasteiger partial charge >= 0.3 is 5.69 Å². The first kappa shape index (κ1) is 21.6. The molecule has 0 aliphatic heterocycles. The van der Waals surface area contributed by atoms with Gasteiger partial charge in [0.15, 0.2) is 0 Å². The highest BCUT2D eigenvalue weighted by Crippen LogP contribution is 2.24. The first-order valence-electron chi connectivity index (χ1n) is 10.1. The first-order valence-corrected chi connectivity index (χ1v) is 10.5. The van der Waals surface area contributed by atoms with Gasteiger partial charge in [0.1, 0.15) is 0 Å². The van der Waals surface area contributed by atoms with Gasteiger partial charge in [-0.15, -0.1) is 0 Å². The minimum absolute atomic E-state index is 0.0600. The molecule has 2 heterocycles. The molecule has 0 radical (unpaired) electrons. The van der Waals surface area contributed by atoms with Gasteiger partial charge in [-0.25, -0.2) is 4.79 Å². The van der Waals surface area contributed by atoms with Crippen LogP contribution in [-0.4, -0.2) is 46.3 Å². The van der Waals surface area contributed by atoms with Gasteiger partial charge in [-0.05, 0) is 58.6 Å². The topological polar surface area (TPSA) is 54.6 Å². The van der Waals surface area contributed by atoms with Crippen molar-refractivity contribution in [3.63, 3.8) is 0 Å². The molecule has 1 atom stereocenters. The zero-order chi connectivity index (χ0) is 21.0. The summed E-state index contributed by atoms with van der Waals surface area (Å²) >= 11 is 6.45. The minimum Gasteiger partial charge on any atom is -0.309 e. The van der Waals surface area contributed by atoms with E-state index in [2.05, 4.69) is 36.3 Å². The molecule has 29 heavy (non-hydrogen) atoms. The number of nitrogens with zero attached hydrogens (tertiary/aromatic N) is 4. The van der Waals surface area contributed by atoms with E-state index >= 15 is 0 Å². The lowest BCUT2D eigenvalue weighted by molar-refractivity contribution is 0.381. The van der Waals surface area contributed by atoms with Crippen LogP contribution in [0.25, 0.3) is 5.52 Å². The summed E-state index contributed by atoms with van der Waals surface area (Å²) in [5.41, 5.74) is 3.19. The Bertz CT molecular complexity index is 1010. The van der Waals surface area contributed by atoms with E-state index in [1.807, 2.05) is 47.9 Å². The zero-order valence-corrected chi connectivity index (χ0v) is 18.4. The maximum Gasteiger partial charge on any atom is 0.349 e. The van der Waals surface area contributed by atoms with Crippen molar-refractivity contribution < 1.29 is 0 Å². The number of hydrogen-bond acceptors (Lipinski definition) is 4.